The molecular weight excluding hydrogens is 316 g/mol. The van der Waals surface area contributed by atoms with E-state index >= 15 is 0 Å². The predicted octanol–water partition coefficient (Wildman–Crippen LogP) is 2.38. The Morgan fingerprint density at radius 2 is 2.12 bits per heavy atom. The number of carbonyl (C=O) groups excluding carboxylic acids is 1. The van der Waals surface area contributed by atoms with Crippen LogP contribution in [0.1, 0.15) is 50.2 Å². The minimum atomic E-state index is -0.944. The van der Waals surface area contributed by atoms with Crippen molar-refractivity contribution in [3.05, 3.63) is 29.6 Å². The first-order valence-corrected chi connectivity index (χ1v) is 8.80. The number of pyridine rings is 1. The minimum Gasteiger partial charge on any atom is -0.389 e. The zero-order valence-corrected chi connectivity index (χ0v) is 15.8. The summed E-state index contributed by atoms with van der Waals surface area (Å²) in [7, 11) is 0. The topological polar surface area (TPSA) is 69.9 Å². The molecule has 0 aliphatic carbocycles. The van der Waals surface area contributed by atoms with Crippen LogP contribution in [0, 0.1) is 12.3 Å². The Morgan fingerprint density at radius 1 is 1.40 bits per heavy atom. The average molecular weight is 344 g/mol. The monoisotopic (exact) mass is 344 g/mol. The smallest absolute Gasteiger partial charge is 0.271 e. The number of fused-ring (bicyclic) bond motifs is 1. The van der Waals surface area contributed by atoms with E-state index in [0.717, 1.165) is 29.9 Å². The van der Waals surface area contributed by atoms with Gasteiger partial charge in [0.2, 0.25) is 0 Å². The average Bonchev–Trinajstić information content (AvgIpc) is 3.07. The van der Waals surface area contributed by atoms with E-state index in [2.05, 4.69) is 35.2 Å². The molecule has 0 aromatic carbocycles. The van der Waals surface area contributed by atoms with Crippen LogP contribution in [0.2, 0.25) is 0 Å². The molecule has 3 heterocycles. The maximum atomic E-state index is 12.3. The Kier molecular flexibility index (Phi) is 4.27. The van der Waals surface area contributed by atoms with Gasteiger partial charge in [0, 0.05) is 19.6 Å². The molecule has 2 aromatic heterocycles. The fourth-order valence-electron chi connectivity index (χ4n) is 3.25. The highest BCUT2D eigenvalue weighted by Crippen LogP contribution is 2.33. The van der Waals surface area contributed by atoms with Crippen molar-refractivity contribution >= 4 is 17.1 Å². The van der Waals surface area contributed by atoms with Crippen LogP contribution < -0.4 is 10.2 Å². The summed E-state index contributed by atoms with van der Waals surface area (Å²) in [5.74, 6) is -0.269. The largest absolute Gasteiger partial charge is 0.389 e. The molecule has 1 aliphatic heterocycles. The van der Waals surface area contributed by atoms with Crippen LogP contribution in [-0.2, 0) is 0 Å². The highest BCUT2D eigenvalue weighted by Gasteiger charge is 2.29. The van der Waals surface area contributed by atoms with Crippen molar-refractivity contribution in [1.29, 1.82) is 0 Å². The zero-order valence-electron chi connectivity index (χ0n) is 15.8. The zero-order chi connectivity index (χ0) is 18.4. The molecule has 1 fully saturated rings. The summed E-state index contributed by atoms with van der Waals surface area (Å²) in [6.45, 7) is 12.2. The second kappa shape index (κ2) is 6.02. The summed E-state index contributed by atoms with van der Waals surface area (Å²) < 4.78 is 1.79. The number of hydrogen-bond acceptors (Lipinski definition) is 4. The molecule has 2 aromatic rings. The maximum Gasteiger partial charge on any atom is 0.271 e. The Morgan fingerprint density at radius 3 is 2.72 bits per heavy atom. The second-order valence-corrected chi connectivity index (χ2v) is 8.57. The number of aryl methyl sites for hydroxylation is 1. The van der Waals surface area contributed by atoms with Crippen molar-refractivity contribution in [1.82, 2.24) is 14.9 Å². The highest BCUT2D eigenvalue weighted by molar-refractivity contribution is 5.93. The maximum absolute atomic E-state index is 12.3. The summed E-state index contributed by atoms with van der Waals surface area (Å²) in [4.78, 5) is 14.7. The summed E-state index contributed by atoms with van der Waals surface area (Å²) >= 11 is 0. The quantitative estimate of drug-likeness (QED) is 0.893. The fourth-order valence-corrected chi connectivity index (χ4v) is 3.25. The third-order valence-electron chi connectivity index (χ3n) is 4.72. The number of carbonyl (C=O) groups is 1. The van der Waals surface area contributed by atoms with Gasteiger partial charge in [-0.1, -0.05) is 13.8 Å². The van der Waals surface area contributed by atoms with Crippen molar-refractivity contribution in [2.75, 3.05) is 24.5 Å². The van der Waals surface area contributed by atoms with Gasteiger partial charge in [-0.25, -0.2) is 4.52 Å². The molecule has 6 nitrogen and oxygen atoms in total. The van der Waals surface area contributed by atoms with Crippen molar-refractivity contribution < 1.29 is 9.90 Å². The summed E-state index contributed by atoms with van der Waals surface area (Å²) in [5.41, 5.74) is 2.91. The minimum absolute atomic E-state index is 0.187. The Hall–Kier alpha value is -2.08. The first-order chi connectivity index (χ1) is 11.5. The van der Waals surface area contributed by atoms with Gasteiger partial charge in [0.05, 0.1) is 23.0 Å². The summed E-state index contributed by atoms with van der Waals surface area (Å²) in [5, 5.41) is 16.9. The van der Waals surface area contributed by atoms with E-state index in [1.807, 2.05) is 13.1 Å². The van der Waals surface area contributed by atoms with Gasteiger partial charge in [0.25, 0.3) is 5.91 Å². The standard InChI is InChI=1S/C19H28N4O2/c1-13-8-14(22-7-6-18(2,3)12-22)10-23-16(13)9-15(21-23)17(24)20-11-19(4,5)25/h8-10,25H,6-7,11-12H2,1-5H3,(H,20,24). The third-order valence-corrected chi connectivity index (χ3v) is 4.72. The molecule has 0 spiro atoms. The summed E-state index contributed by atoms with van der Waals surface area (Å²) in [6.07, 6.45) is 3.17. The van der Waals surface area contributed by atoms with Crippen molar-refractivity contribution in [3.8, 4) is 0 Å². The molecule has 0 unspecified atom stereocenters. The number of amides is 1. The molecule has 2 N–H and O–H groups in total. The lowest BCUT2D eigenvalue weighted by atomic mass is 9.93. The molecular formula is C19H28N4O2. The van der Waals surface area contributed by atoms with Gasteiger partial charge in [0.15, 0.2) is 5.69 Å². The molecule has 1 saturated heterocycles. The van der Waals surface area contributed by atoms with Gasteiger partial charge in [-0.3, -0.25) is 4.79 Å². The number of nitrogens with one attached hydrogen (secondary N) is 1. The van der Waals surface area contributed by atoms with Crippen LogP contribution >= 0.6 is 0 Å². The first kappa shape index (κ1) is 17.7. The van der Waals surface area contributed by atoms with E-state index in [4.69, 9.17) is 0 Å². The Balaban J connectivity index is 1.85. The number of hydrogen-bond donors (Lipinski definition) is 2. The van der Waals surface area contributed by atoms with Crippen LogP contribution in [0.3, 0.4) is 0 Å². The number of nitrogens with zero attached hydrogens (tertiary/aromatic N) is 3. The third kappa shape index (κ3) is 3.95. The number of rotatable bonds is 4. The number of aliphatic hydroxyl groups is 1. The van der Waals surface area contributed by atoms with Gasteiger partial charge >= 0.3 is 0 Å². The van der Waals surface area contributed by atoms with E-state index in [1.165, 1.54) is 6.42 Å². The lowest BCUT2D eigenvalue weighted by Gasteiger charge is -2.22. The Bertz CT molecular complexity index is 802. The SMILES string of the molecule is Cc1cc(N2CCC(C)(C)C2)cn2nc(C(=O)NCC(C)(C)O)cc12. The van der Waals surface area contributed by atoms with Crippen LogP contribution in [0.25, 0.3) is 5.52 Å². The molecule has 6 heteroatoms. The first-order valence-electron chi connectivity index (χ1n) is 8.80. The van der Waals surface area contributed by atoms with E-state index in [9.17, 15) is 9.90 Å². The van der Waals surface area contributed by atoms with Crippen molar-refractivity contribution in [2.45, 2.75) is 46.6 Å². The van der Waals surface area contributed by atoms with E-state index < -0.39 is 5.60 Å². The molecule has 0 bridgehead atoms. The fraction of sp³-hybridized carbons (Fsp3) is 0.579. The van der Waals surface area contributed by atoms with Crippen molar-refractivity contribution in [2.24, 2.45) is 5.41 Å². The normalized spacial score (nSPS) is 17.3. The Labute approximate surface area is 148 Å². The van der Waals surface area contributed by atoms with Crippen LogP contribution in [0.4, 0.5) is 5.69 Å². The van der Waals surface area contributed by atoms with Gasteiger partial charge < -0.3 is 15.3 Å². The van der Waals surface area contributed by atoms with Crippen LogP contribution in [0.15, 0.2) is 18.3 Å². The highest BCUT2D eigenvalue weighted by atomic mass is 16.3. The lowest BCUT2D eigenvalue weighted by Crippen LogP contribution is -2.38. The molecule has 25 heavy (non-hydrogen) atoms. The van der Waals surface area contributed by atoms with E-state index in [0.29, 0.717) is 11.1 Å². The molecule has 136 valence electrons. The number of anilines is 1. The molecule has 0 radical (unpaired) electrons. The molecule has 0 atom stereocenters. The molecule has 0 saturated carbocycles. The summed E-state index contributed by atoms with van der Waals surface area (Å²) in [6, 6.07) is 3.96. The predicted molar refractivity (Wildman–Crippen MR) is 99.2 cm³/mol. The second-order valence-electron chi connectivity index (χ2n) is 8.57. The van der Waals surface area contributed by atoms with Gasteiger partial charge in [-0.15, -0.1) is 0 Å². The molecule has 1 amide bonds. The molecule has 3 rings (SSSR count). The van der Waals surface area contributed by atoms with Gasteiger partial charge in [0.1, 0.15) is 0 Å². The van der Waals surface area contributed by atoms with Crippen molar-refractivity contribution in [3.63, 3.8) is 0 Å². The van der Waals surface area contributed by atoms with Crippen LogP contribution in [0.5, 0.6) is 0 Å². The van der Waals surface area contributed by atoms with Crippen LogP contribution in [-0.4, -0.2) is 45.9 Å². The lowest BCUT2D eigenvalue weighted by molar-refractivity contribution is 0.0692. The van der Waals surface area contributed by atoms with E-state index in [1.54, 1.807) is 24.4 Å². The van der Waals surface area contributed by atoms with E-state index in [-0.39, 0.29) is 12.5 Å². The van der Waals surface area contributed by atoms with Gasteiger partial charge in [-0.2, -0.15) is 5.10 Å². The molecule has 1 aliphatic rings. The van der Waals surface area contributed by atoms with Gasteiger partial charge in [-0.05, 0) is 50.3 Å². The number of aromatic nitrogens is 2.